The van der Waals surface area contributed by atoms with Crippen molar-refractivity contribution >= 4 is 11.9 Å². The molecule has 1 aromatic carbocycles. The monoisotopic (exact) mass is 301 g/mol. The number of rotatable bonds is 2. The van der Waals surface area contributed by atoms with Crippen LogP contribution in [0.3, 0.4) is 0 Å². The smallest absolute Gasteiger partial charge is 0.0689 e. The Bertz CT molecular complexity index is 534. The molecule has 0 amide bonds. The van der Waals surface area contributed by atoms with Gasteiger partial charge in [-0.2, -0.15) is 0 Å². The third-order valence-corrected chi connectivity index (χ3v) is 5.18. The molecule has 0 saturated heterocycles. The second-order valence-electron chi connectivity index (χ2n) is 8.96. The van der Waals surface area contributed by atoms with E-state index in [9.17, 15) is 0 Å². The van der Waals surface area contributed by atoms with Gasteiger partial charge in [-0.05, 0) is 73.3 Å². The van der Waals surface area contributed by atoms with Crippen LogP contribution in [0, 0.1) is 51.4 Å². The van der Waals surface area contributed by atoms with Crippen LogP contribution in [0.1, 0.15) is 69.4 Å². The zero-order chi connectivity index (χ0) is 17.5. The predicted octanol–water partition coefficient (Wildman–Crippen LogP) is 6.64. The summed E-state index contributed by atoms with van der Waals surface area (Å²) in [5.74, 6) is 0.431. The topological polar surface area (TPSA) is 12.4 Å². The third-order valence-electron chi connectivity index (χ3n) is 5.18. The van der Waals surface area contributed by atoms with E-state index in [1.807, 2.05) is 0 Å². The lowest BCUT2D eigenvalue weighted by Crippen LogP contribution is -2.33. The SMILES string of the molecule is Cc1c(C)c(C)c(N=CC(C(C)(C)C)C(C)(C)C)c(C)c1C. The van der Waals surface area contributed by atoms with Crippen molar-refractivity contribution in [1.82, 2.24) is 0 Å². The van der Waals surface area contributed by atoms with Gasteiger partial charge < -0.3 is 0 Å². The molecular weight excluding hydrogens is 266 g/mol. The van der Waals surface area contributed by atoms with Crippen molar-refractivity contribution < 1.29 is 0 Å². The summed E-state index contributed by atoms with van der Waals surface area (Å²) in [6.07, 6.45) is 2.20. The van der Waals surface area contributed by atoms with Gasteiger partial charge in [0.25, 0.3) is 0 Å². The molecule has 1 heteroatoms. The summed E-state index contributed by atoms with van der Waals surface area (Å²) >= 11 is 0. The van der Waals surface area contributed by atoms with Crippen LogP contribution in [-0.2, 0) is 0 Å². The molecule has 0 aliphatic rings. The van der Waals surface area contributed by atoms with E-state index in [-0.39, 0.29) is 10.8 Å². The highest BCUT2D eigenvalue weighted by molar-refractivity contribution is 5.72. The molecule has 1 aromatic rings. The lowest BCUT2D eigenvalue weighted by Gasteiger charge is -2.38. The van der Waals surface area contributed by atoms with E-state index >= 15 is 0 Å². The van der Waals surface area contributed by atoms with E-state index in [1.54, 1.807) is 0 Å². The molecule has 0 fully saturated rings. The minimum atomic E-state index is 0.207. The van der Waals surface area contributed by atoms with Gasteiger partial charge in [-0.25, -0.2) is 0 Å². The molecule has 0 N–H and O–H groups in total. The Balaban J connectivity index is 3.41. The van der Waals surface area contributed by atoms with Crippen LogP contribution in [-0.4, -0.2) is 6.21 Å². The number of hydrogen-bond donors (Lipinski definition) is 0. The Hall–Kier alpha value is -1.11. The molecule has 22 heavy (non-hydrogen) atoms. The standard InChI is InChI=1S/C21H35N/c1-13-14(2)16(4)19(17(5)15(13)3)22-12-18(20(6,7)8)21(9,10)11/h12,18H,1-11H3. The van der Waals surface area contributed by atoms with Gasteiger partial charge >= 0.3 is 0 Å². The van der Waals surface area contributed by atoms with Gasteiger partial charge in [-0.1, -0.05) is 41.5 Å². The number of aliphatic imine (C=N–C) groups is 1. The normalized spacial score (nSPS) is 13.5. The molecule has 0 bridgehead atoms. The fourth-order valence-corrected chi connectivity index (χ4v) is 3.57. The van der Waals surface area contributed by atoms with Gasteiger partial charge in [0.2, 0.25) is 0 Å². The number of nitrogens with zero attached hydrogens (tertiary/aromatic N) is 1. The van der Waals surface area contributed by atoms with Crippen LogP contribution >= 0.6 is 0 Å². The first-order valence-electron chi connectivity index (χ1n) is 8.39. The van der Waals surface area contributed by atoms with Gasteiger partial charge in [-0.15, -0.1) is 0 Å². The summed E-state index contributed by atoms with van der Waals surface area (Å²) < 4.78 is 0. The van der Waals surface area contributed by atoms with E-state index in [4.69, 9.17) is 4.99 Å². The minimum absolute atomic E-state index is 0.207. The molecule has 0 aromatic heterocycles. The maximum atomic E-state index is 4.98. The summed E-state index contributed by atoms with van der Waals surface area (Å²) in [4.78, 5) is 4.98. The predicted molar refractivity (Wildman–Crippen MR) is 101 cm³/mol. The maximum Gasteiger partial charge on any atom is 0.0689 e. The van der Waals surface area contributed by atoms with Crippen molar-refractivity contribution in [2.24, 2.45) is 21.7 Å². The second-order valence-corrected chi connectivity index (χ2v) is 8.96. The summed E-state index contributed by atoms with van der Waals surface area (Å²) in [5.41, 5.74) is 8.36. The first-order chi connectivity index (χ1) is 9.78. The first kappa shape index (κ1) is 18.9. The Labute approximate surface area is 138 Å². The average molecular weight is 302 g/mol. The quantitative estimate of drug-likeness (QED) is 0.543. The average Bonchev–Trinajstić information content (AvgIpc) is 2.35. The highest BCUT2D eigenvalue weighted by Crippen LogP contribution is 2.40. The zero-order valence-corrected chi connectivity index (χ0v) is 16.6. The van der Waals surface area contributed by atoms with E-state index in [0.717, 1.165) is 0 Å². The highest BCUT2D eigenvalue weighted by Gasteiger charge is 2.33. The zero-order valence-electron chi connectivity index (χ0n) is 16.6. The van der Waals surface area contributed by atoms with E-state index in [2.05, 4.69) is 82.4 Å². The third kappa shape index (κ3) is 3.80. The van der Waals surface area contributed by atoms with Gasteiger partial charge in [-0.3, -0.25) is 4.99 Å². The van der Waals surface area contributed by atoms with Crippen LogP contribution in [0.2, 0.25) is 0 Å². The van der Waals surface area contributed by atoms with Crippen LogP contribution in [0.4, 0.5) is 5.69 Å². The second kappa shape index (κ2) is 6.18. The van der Waals surface area contributed by atoms with E-state index < -0.39 is 0 Å². The van der Waals surface area contributed by atoms with Crippen LogP contribution in [0.15, 0.2) is 4.99 Å². The number of benzene rings is 1. The number of hydrogen-bond acceptors (Lipinski definition) is 1. The molecule has 1 rings (SSSR count). The van der Waals surface area contributed by atoms with Gasteiger partial charge in [0.1, 0.15) is 0 Å². The Kier molecular flexibility index (Phi) is 5.32. The molecule has 0 unspecified atom stereocenters. The summed E-state index contributed by atoms with van der Waals surface area (Å²) in [6, 6.07) is 0. The first-order valence-corrected chi connectivity index (χ1v) is 8.39. The molecule has 0 atom stereocenters. The molecule has 0 radical (unpaired) electrons. The van der Waals surface area contributed by atoms with Gasteiger partial charge in [0, 0.05) is 12.1 Å². The fraction of sp³-hybridized carbons (Fsp3) is 0.667. The van der Waals surface area contributed by atoms with Crippen LogP contribution < -0.4 is 0 Å². The highest BCUT2D eigenvalue weighted by atomic mass is 14.7. The lowest BCUT2D eigenvalue weighted by atomic mass is 9.67. The van der Waals surface area contributed by atoms with Gasteiger partial charge in [0.05, 0.1) is 5.69 Å². The Morgan fingerprint density at radius 3 is 1.27 bits per heavy atom. The van der Waals surface area contributed by atoms with Gasteiger partial charge in [0.15, 0.2) is 0 Å². The Morgan fingerprint density at radius 1 is 0.636 bits per heavy atom. The minimum Gasteiger partial charge on any atom is -0.260 e. The summed E-state index contributed by atoms with van der Waals surface area (Å²) in [5, 5.41) is 0. The van der Waals surface area contributed by atoms with E-state index in [0.29, 0.717) is 5.92 Å². The molecule has 0 heterocycles. The van der Waals surface area contributed by atoms with Crippen LogP contribution in [0.5, 0.6) is 0 Å². The maximum absolute atomic E-state index is 4.98. The molecule has 124 valence electrons. The Morgan fingerprint density at radius 2 is 0.955 bits per heavy atom. The molecule has 0 saturated carbocycles. The molecule has 0 spiro atoms. The molecule has 0 aliphatic heterocycles. The summed E-state index contributed by atoms with van der Waals surface area (Å²) in [7, 11) is 0. The molecule has 1 nitrogen and oxygen atoms in total. The largest absolute Gasteiger partial charge is 0.260 e. The fourth-order valence-electron chi connectivity index (χ4n) is 3.57. The van der Waals surface area contributed by atoms with Crippen molar-refractivity contribution in [2.75, 3.05) is 0 Å². The van der Waals surface area contributed by atoms with Crippen molar-refractivity contribution in [3.05, 3.63) is 27.8 Å². The molecule has 0 aliphatic carbocycles. The molecular formula is C21H35N. The van der Waals surface area contributed by atoms with Crippen molar-refractivity contribution in [3.8, 4) is 0 Å². The van der Waals surface area contributed by atoms with Crippen molar-refractivity contribution in [1.29, 1.82) is 0 Å². The summed E-state index contributed by atoms with van der Waals surface area (Å²) in [6.45, 7) is 24.9. The lowest BCUT2D eigenvalue weighted by molar-refractivity contribution is 0.171. The van der Waals surface area contributed by atoms with Crippen molar-refractivity contribution in [2.45, 2.75) is 76.2 Å². The van der Waals surface area contributed by atoms with E-state index in [1.165, 1.54) is 33.5 Å². The van der Waals surface area contributed by atoms with Crippen LogP contribution in [0.25, 0.3) is 0 Å². The van der Waals surface area contributed by atoms with Crippen molar-refractivity contribution in [3.63, 3.8) is 0 Å².